The van der Waals surface area contributed by atoms with E-state index in [0.717, 1.165) is 37.8 Å². The van der Waals surface area contributed by atoms with Crippen LogP contribution in [0.3, 0.4) is 0 Å². The maximum atomic E-state index is 13.9. The van der Waals surface area contributed by atoms with Crippen molar-refractivity contribution in [2.24, 2.45) is 5.41 Å². The maximum Gasteiger partial charge on any atom is 0.416 e. The number of pyridine rings is 1. The lowest BCUT2D eigenvalue weighted by molar-refractivity contribution is -0.137. The quantitative estimate of drug-likeness (QED) is 0.611. The molecule has 3 rings (SSSR count). The molecule has 0 radical (unpaired) electrons. The van der Waals surface area contributed by atoms with Crippen LogP contribution >= 0.6 is 0 Å². The SMILES string of the molecule is COCC1(CN(C)c2cc(-c3cc(F)cc(C(F)(F)F)c3)nc(N)c2N)CCCCC1. The van der Waals surface area contributed by atoms with Crippen LogP contribution in [-0.4, -0.2) is 32.3 Å². The molecule has 2 aromatic rings. The van der Waals surface area contributed by atoms with Crippen molar-refractivity contribution in [3.8, 4) is 11.3 Å². The molecule has 9 heteroatoms. The molecule has 170 valence electrons. The number of ether oxygens (including phenoxy) is 1. The summed E-state index contributed by atoms with van der Waals surface area (Å²) in [7, 11) is 3.53. The van der Waals surface area contributed by atoms with E-state index in [-0.39, 0.29) is 28.2 Å². The molecule has 0 amide bonds. The first-order valence-corrected chi connectivity index (χ1v) is 10.2. The van der Waals surface area contributed by atoms with Gasteiger partial charge < -0.3 is 21.1 Å². The highest BCUT2D eigenvalue weighted by Crippen LogP contribution is 2.40. The number of methoxy groups -OCH3 is 1. The number of alkyl halides is 3. The normalized spacial score (nSPS) is 16.3. The van der Waals surface area contributed by atoms with Crippen molar-refractivity contribution in [2.75, 3.05) is 43.7 Å². The van der Waals surface area contributed by atoms with Gasteiger partial charge in [0, 0.05) is 31.7 Å². The fourth-order valence-electron chi connectivity index (χ4n) is 4.47. The summed E-state index contributed by atoms with van der Waals surface area (Å²) >= 11 is 0. The van der Waals surface area contributed by atoms with Crippen molar-refractivity contribution in [3.05, 3.63) is 35.6 Å². The fraction of sp³-hybridized carbons (Fsp3) is 0.500. The minimum atomic E-state index is -4.68. The van der Waals surface area contributed by atoms with Gasteiger partial charge in [-0.3, -0.25) is 0 Å². The topological polar surface area (TPSA) is 77.4 Å². The standard InChI is InChI=1S/C22H28F4N4O/c1-30(12-21(13-31-2)6-4-3-5-7-21)18-11-17(29-20(28)19(18)27)14-8-15(22(24,25)26)10-16(23)9-14/h8-11H,3-7,12-13,27H2,1-2H3,(H2,28,29). The van der Waals surface area contributed by atoms with Crippen LogP contribution < -0.4 is 16.4 Å². The number of nitrogens with two attached hydrogens (primary N) is 2. The Kier molecular flexibility index (Phi) is 6.64. The first-order valence-electron chi connectivity index (χ1n) is 10.2. The van der Waals surface area contributed by atoms with E-state index < -0.39 is 17.6 Å². The number of halogens is 4. The molecule has 31 heavy (non-hydrogen) atoms. The van der Waals surface area contributed by atoms with Gasteiger partial charge in [0.25, 0.3) is 0 Å². The Bertz CT molecular complexity index is 921. The predicted molar refractivity (Wildman–Crippen MR) is 114 cm³/mol. The van der Waals surface area contributed by atoms with Crippen molar-refractivity contribution < 1.29 is 22.3 Å². The molecule has 0 unspecified atom stereocenters. The van der Waals surface area contributed by atoms with Gasteiger partial charge in [-0.15, -0.1) is 0 Å². The van der Waals surface area contributed by atoms with Gasteiger partial charge in [0.15, 0.2) is 0 Å². The van der Waals surface area contributed by atoms with Gasteiger partial charge in [0.05, 0.1) is 29.2 Å². The molecule has 1 aliphatic carbocycles. The van der Waals surface area contributed by atoms with Crippen LogP contribution in [0, 0.1) is 11.2 Å². The molecule has 0 spiro atoms. The zero-order valence-electron chi connectivity index (χ0n) is 17.7. The number of nitrogen functional groups attached to an aromatic ring is 2. The Morgan fingerprint density at radius 2 is 1.77 bits per heavy atom. The number of anilines is 3. The number of benzene rings is 1. The Hall–Kier alpha value is -2.55. The number of nitrogens with zero attached hydrogens (tertiary/aromatic N) is 2. The van der Waals surface area contributed by atoms with Gasteiger partial charge in [0.1, 0.15) is 11.6 Å². The third-order valence-corrected chi connectivity index (χ3v) is 5.94. The van der Waals surface area contributed by atoms with E-state index in [4.69, 9.17) is 16.2 Å². The minimum Gasteiger partial charge on any atom is -0.394 e. The summed E-state index contributed by atoms with van der Waals surface area (Å²) in [5.41, 5.74) is 11.9. The van der Waals surface area contributed by atoms with Gasteiger partial charge in [-0.2, -0.15) is 13.2 Å². The van der Waals surface area contributed by atoms with E-state index in [1.165, 1.54) is 6.42 Å². The van der Waals surface area contributed by atoms with Gasteiger partial charge in [0.2, 0.25) is 0 Å². The number of aromatic nitrogens is 1. The molecule has 4 N–H and O–H groups in total. The highest BCUT2D eigenvalue weighted by atomic mass is 19.4. The van der Waals surface area contributed by atoms with E-state index in [1.807, 2.05) is 11.9 Å². The molecule has 1 saturated carbocycles. The Labute approximate surface area is 179 Å². The highest BCUT2D eigenvalue weighted by molar-refractivity contribution is 5.82. The van der Waals surface area contributed by atoms with Crippen LogP contribution in [0.25, 0.3) is 11.3 Å². The summed E-state index contributed by atoms with van der Waals surface area (Å²) in [5, 5.41) is 0. The van der Waals surface area contributed by atoms with Crippen molar-refractivity contribution in [1.29, 1.82) is 0 Å². The van der Waals surface area contributed by atoms with Crippen molar-refractivity contribution in [1.82, 2.24) is 4.98 Å². The second-order valence-corrected chi connectivity index (χ2v) is 8.40. The number of hydrogen-bond acceptors (Lipinski definition) is 5. The van der Waals surface area contributed by atoms with Crippen LogP contribution in [0.15, 0.2) is 24.3 Å². The first kappa shape index (κ1) is 23.1. The first-order chi connectivity index (χ1) is 14.5. The molecule has 0 bridgehead atoms. The number of rotatable bonds is 6. The number of hydrogen-bond donors (Lipinski definition) is 2. The summed E-state index contributed by atoms with van der Waals surface area (Å²) in [5.74, 6) is -1.01. The molecule has 0 aliphatic heterocycles. The summed E-state index contributed by atoms with van der Waals surface area (Å²) in [6.45, 7) is 1.24. The molecule has 1 fully saturated rings. The summed E-state index contributed by atoms with van der Waals surface area (Å²) in [6, 6.07) is 3.88. The monoisotopic (exact) mass is 440 g/mol. The molecule has 1 aromatic heterocycles. The van der Waals surface area contributed by atoms with E-state index >= 15 is 0 Å². The van der Waals surface area contributed by atoms with Gasteiger partial charge in [-0.1, -0.05) is 19.3 Å². The van der Waals surface area contributed by atoms with E-state index in [9.17, 15) is 17.6 Å². The minimum absolute atomic E-state index is 0.0124. The van der Waals surface area contributed by atoms with Gasteiger partial charge in [-0.25, -0.2) is 9.37 Å². The average Bonchev–Trinajstić information content (AvgIpc) is 2.69. The van der Waals surface area contributed by atoms with Gasteiger partial charge >= 0.3 is 6.18 Å². The second-order valence-electron chi connectivity index (χ2n) is 8.40. The van der Waals surface area contributed by atoms with Crippen LogP contribution in [0.1, 0.15) is 37.7 Å². The summed E-state index contributed by atoms with van der Waals surface area (Å²) in [4.78, 5) is 6.05. The maximum absolute atomic E-state index is 13.9. The van der Waals surface area contributed by atoms with Crippen molar-refractivity contribution >= 4 is 17.2 Å². The lowest BCUT2D eigenvalue weighted by atomic mass is 9.74. The van der Waals surface area contributed by atoms with Crippen LogP contribution in [0.5, 0.6) is 0 Å². The van der Waals surface area contributed by atoms with Crippen LogP contribution in [0.2, 0.25) is 0 Å². The third-order valence-electron chi connectivity index (χ3n) is 5.94. The Balaban J connectivity index is 1.99. The zero-order chi connectivity index (χ0) is 22.8. The molecular formula is C22H28F4N4O. The molecule has 5 nitrogen and oxygen atoms in total. The summed E-state index contributed by atoms with van der Waals surface area (Å²) in [6.07, 6.45) is 0.753. The summed E-state index contributed by atoms with van der Waals surface area (Å²) < 4.78 is 58.8. The fourth-order valence-corrected chi connectivity index (χ4v) is 4.47. The van der Waals surface area contributed by atoms with Crippen molar-refractivity contribution in [2.45, 2.75) is 38.3 Å². The molecule has 0 saturated heterocycles. The largest absolute Gasteiger partial charge is 0.416 e. The molecule has 0 atom stereocenters. The lowest BCUT2D eigenvalue weighted by Crippen LogP contribution is -2.41. The zero-order valence-corrected chi connectivity index (χ0v) is 17.7. The highest BCUT2D eigenvalue weighted by Gasteiger charge is 2.34. The predicted octanol–water partition coefficient (Wildman–Crippen LogP) is 5.10. The smallest absolute Gasteiger partial charge is 0.394 e. The van der Waals surface area contributed by atoms with E-state index in [0.29, 0.717) is 24.9 Å². The van der Waals surface area contributed by atoms with Crippen LogP contribution in [0.4, 0.5) is 34.8 Å². The van der Waals surface area contributed by atoms with Crippen LogP contribution in [-0.2, 0) is 10.9 Å². The average molecular weight is 440 g/mol. The third kappa shape index (κ3) is 5.20. The van der Waals surface area contributed by atoms with Crippen molar-refractivity contribution in [3.63, 3.8) is 0 Å². The molecular weight excluding hydrogens is 412 g/mol. The molecule has 1 aromatic carbocycles. The van der Waals surface area contributed by atoms with E-state index in [1.54, 1.807) is 13.2 Å². The molecule has 1 aliphatic rings. The Morgan fingerprint density at radius 3 is 2.39 bits per heavy atom. The molecule has 1 heterocycles. The Morgan fingerprint density at radius 1 is 1.10 bits per heavy atom. The van der Waals surface area contributed by atoms with Gasteiger partial charge in [-0.05, 0) is 37.1 Å². The second kappa shape index (κ2) is 8.90. The van der Waals surface area contributed by atoms with E-state index in [2.05, 4.69) is 4.98 Å². The lowest BCUT2D eigenvalue weighted by Gasteiger charge is -2.40.